The maximum absolute atomic E-state index is 13.8. The fraction of sp³-hybridized carbons (Fsp3) is 0.571. The lowest BCUT2D eigenvalue weighted by Crippen LogP contribution is -2.43. The van der Waals surface area contributed by atoms with Crippen LogP contribution in [0.1, 0.15) is 93.5 Å². The molecule has 7 nitrogen and oxygen atoms in total. The van der Waals surface area contributed by atoms with E-state index in [-0.39, 0.29) is 43.8 Å². The number of aromatic nitrogens is 2. The van der Waals surface area contributed by atoms with Crippen molar-refractivity contribution in [2.45, 2.75) is 91.4 Å². The minimum absolute atomic E-state index is 0.0237. The van der Waals surface area contributed by atoms with Gasteiger partial charge in [-0.2, -0.15) is 13.2 Å². The topological polar surface area (TPSA) is 79.3 Å². The zero-order valence-electron chi connectivity index (χ0n) is 27.7. The van der Waals surface area contributed by atoms with Crippen LogP contribution in [0, 0.1) is 17.3 Å². The summed E-state index contributed by atoms with van der Waals surface area (Å²) in [5, 5.41) is 6.96. The van der Waals surface area contributed by atoms with Gasteiger partial charge in [-0.05, 0) is 73.8 Å². The average Bonchev–Trinajstić information content (AvgIpc) is 3.32. The number of fused-ring (bicyclic) bond motifs is 1. The largest absolute Gasteiger partial charge is 0.393 e. The molecule has 3 aromatic rings. The summed E-state index contributed by atoms with van der Waals surface area (Å²) < 4.78 is 43.4. The van der Waals surface area contributed by atoms with Gasteiger partial charge in [0, 0.05) is 49.6 Å². The second-order valence-electron chi connectivity index (χ2n) is 14.3. The lowest BCUT2D eigenvalue weighted by Gasteiger charge is -2.36. The highest BCUT2D eigenvalue weighted by molar-refractivity contribution is 6.36. The zero-order valence-corrected chi connectivity index (χ0v) is 29.2. The van der Waals surface area contributed by atoms with Crippen LogP contribution in [0.4, 0.5) is 18.9 Å². The standard InChI is InChI=1S/C35H44Cl2F3N5O2/c1-20-8-11-23(12-9-20)42-32(46)25-15-27-29(17-28(25)45-14-6-7-22(19-45)35(38,39)40)44(5)30(43-27)16-24-26(36)13-10-21(31(24)37)18-41-33(47)34(2,3)4/h10,13,15,17,20,22-23H,6-9,11-12,14,16,18-19H2,1-5H3,(H,41,47)(H,42,46). The Balaban J connectivity index is 1.49. The highest BCUT2D eigenvalue weighted by Crippen LogP contribution is 2.38. The number of carbonyl (C=O) groups is 2. The van der Waals surface area contributed by atoms with Crippen molar-refractivity contribution >= 4 is 51.7 Å². The number of nitrogens with one attached hydrogen (secondary N) is 2. The highest BCUT2D eigenvalue weighted by Gasteiger charge is 2.42. The SMILES string of the molecule is CC1CCC(NC(=O)c2cc3nc(Cc4c(Cl)ccc(CNC(=O)C(C)(C)C)c4Cl)n(C)c3cc2N2CCCC(C(F)(F)F)C2)CC1. The molecule has 47 heavy (non-hydrogen) atoms. The molecule has 5 rings (SSSR count). The normalized spacial score (nSPS) is 20.8. The Bertz CT molecular complexity index is 1640. The van der Waals surface area contributed by atoms with Crippen molar-refractivity contribution in [3.8, 4) is 0 Å². The molecule has 0 spiro atoms. The lowest BCUT2D eigenvalue weighted by atomic mass is 9.87. The number of benzene rings is 2. The molecule has 2 aliphatic rings. The predicted octanol–water partition coefficient (Wildman–Crippen LogP) is 8.22. The number of anilines is 1. The molecule has 2 N–H and O–H groups in total. The van der Waals surface area contributed by atoms with Crippen LogP contribution >= 0.6 is 23.2 Å². The first kappa shape index (κ1) is 35.3. The molecule has 1 aliphatic heterocycles. The van der Waals surface area contributed by atoms with Crippen molar-refractivity contribution in [3.63, 3.8) is 0 Å². The Morgan fingerprint density at radius 1 is 1.04 bits per heavy atom. The third-order valence-corrected chi connectivity index (χ3v) is 10.5. The van der Waals surface area contributed by atoms with Crippen LogP contribution in [0.15, 0.2) is 24.3 Å². The Morgan fingerprint density at radius 2 is 1.74 bits per heavy atom. The molecule has 1 aliphatic carbocycles. The summed E-state index contributed by atoms with van der Waals surface area (Å²) in [4.78, 5) is 32.8. The zero-order chi connectivity index (χ0) is 34.3. The van der Waals surface area contributed by atoms with Crippen molar-refractivity contribution in [2.75, 3.05) is 18.0 Å². The van der Waals surface area contributed by atoms with Crippen molar-refractivity contribution < 1.29 is 22.8 Å². The number of aryl methyl sites for hydroxylation is 1. The van der Waals surface area contributed by atoms with Crippen LogP contribution in [0.25, 0.3) is 11.0 Å². The second kappa shape index (κ2) is 13.9. The van der Waals surface area contributed by atoms with E-state index < -0.39 is 17.5 Å². The fourth-order valence-corrected chi connectivity index (χ4v) is 7.12. The van der Waals surface area contributed by atoms with E-state index >= 15 is 0 Å². The van der Waals surface area contributed by atoms with E-state index in [4.69, 9.17) is 28.2 Å². The number of amides is 2. The van der Waals surface area contributed by atoms with Crippen molar-refractivity contribution in [3.05, 3.63) is 56.8 Å². The molecule has 256 valence electrons. The monoisotopic (exact) mass is 693 g/mol. The first-order valence-electron chi connectivity index (χ1n) is 16.4. The third-order valence-electron chi connectivity index (χ3n) is 9.63. The van der Waals surface area contributed by atoms with Gasteiger partial charge < -0.3 is 20.1 Å². The lowest BCUT2D eigenvalue weighted by molar-refractivity contribution is -0.176. The Morgan fingerprint density at radius 3 is 2.40 bits per heavy atom. The van der Waals surface area contributed by atoms with Crippen LogP contribution < -0.4 is 15.5 Å². The molecular weight excluding hydrogens is 650 g/mol. The number of alkyl halides is 3. The number of piperidine rings is 1. The summed E-state index contributed by atoms with van der Waals surface area (Å²) >= 11 is 13.5. The van der Waals surface area contributed by atoms with Crippen LogP contribution in [0.5, 0.6) is 0 Å². The molecule has 1 unspecified atom stereocenters. The van der Waals surface area contributed by atoms with Gasteiger partial charge in [-0.1, -0.05) is 57.0 Å². The summed E-state index contributed by atoms with van der Waals surface area (Å²) in [7, 11) is 1.83. The van der Waals surface area contributed by atoms with Gasteiger partial charge in [-0.15, -0.1) is 0 Å². The molecule has 1 atom stereocenters. The van der Waals surface area contributed by atoms with E-state index in [1.165, 1.54) is 0 Å². The molecule has 0 bridgehead atoms. The Labute approximate surface area is 284 Å². The van der Waals surface area contributed by atoms with E-state index in [0.717, 1.165) is 25.7 Å². The van der Waals surface area contributed by atoms with Gasteiger partial charge in [0.15, 0.2) is 0 Å². The molecule has 12 heteroatoms. The number of hydrogen-bond acceptors (Lipinski definition) is 4. The van der Waals surface area contributed by atoms with Crippen molar-refractivity contribution in [2.24, 2.45) is 24.3 Å². The first-order valence-corrected chi connectivity index (χ1v) is 17.1. The molecule has 0 radical (unpaired) electrons. The third kappa shape index (κ3) is 8.02. The number of rotatable bonds is 7. The molecule has 1 saturated carbocycles. The number of imidazole rings is 1. The van der Waals surface area contributed by atoms with Crippen LogP contribution in [-0.4, -0.2) is 46.7 Å². The quantitative estimate of drug-likeness (QED) is 0.261. The van der Waals surface area contributed by atoms with E-state index in [0.29, 0.717) is 68.2 Å². The Hall–Kier alpha value is -2.98. The summed E-state index contributed by atoms with van der Waals surface area (Å²) in [6.07, 6.45) is 0.193. The number of nitrogens with zero attached hydrogens (tertiary/aromatic N) is 3. The molecule has 1 aromatic heterocycles. The van der Waals surface area contributed by atoms with Gasteiger partial charge in [-0.25, -0.2) is 4.98 Å². The van der Waals surface area contributed by atoms with Crippen LogP contribution in [-0.2, 0) is 24.8 Å². The van der Waals surface area contributed by atoms with Gasteiger partial charge in [0.1, 0.15) is 5.82 Å². The number of hydrogen-bond donors (Lipinski definition) is 2. The van der Waals surface area contributed by atoms with Crippen molar-refractivity contribution in [1.29, 1.82) is 0 Å². The summed E-state index contributed by atoms with van der Waals surface area (Å²) in [5.74, 6) is -0.631. The molecular formula is C35H44Cl2F3N5O2. The van der Waals surface area contributed by atoms with Gasteiger partial charge in [0.05, 0.1) is 33.2 Å². The number of carbonyl (C=O) groups excluding carboxylic acids is 2. The van der Waals surface area contributed by atoms with E-state index in [2.05, 4.69) is 17.6 Å². The maximum Gasteiger partial charge on any atom is 0.393 e. The van der Waals surface area contributed by atoms with Gasteiger partial charge >= 0.3 is 6.18 Å². The first-order chi connectivity index (χ1) is 22.0. The summed E-state index contributed by atoms with van der Waals surface area (Å²) in [6, 6.07) is 7.04. The second-order valence-corrected chi connectivity index (χ2v) is 15.1. The van der Waals surface area contributed by atoms with E-state index in [1.807, 2.05) is 32.4 Å². The van der Waals surface area contributed by atoms with Crippen LogP contribution in [0.3, 0.4) is 0 Å². The Kier molecular flexibility index (Phi) is 10.4. The summed E-state index contributed by atoms with van der Waals surface area (Å²) in [6.45, 7) is 8.16. The molecule has 2 heterocycles. The molecule has 2 aromatic carbocycles. The minimum atomic E-state index is -4.31. The molecule has 1 saturated heterocycles. The minimum Gasteiger partial charge on any atom is -0.370 e. The predicted molar refractivity (Wildman–Crippen MR) is 181 cm³/mol. The van der Waals surface area contributed by atoms with Crippen molar-refractivity contribution in [1.82, 2.24) is 20.2 Å². The highest BCUT2D eigenvalue weighted by atomic mass is 35.5. The fourth-order valence-electron chi connectivity index (χ4n) is 6.55. The van der Waals surface area contributed by atoms with Gasteiger partial charge in [0.25, 0.3) is 5.91 Å². The van der Waals surface area contributed by atoms with E-state index in [1.54, 1.807) is 29.2 Å². The molecule has 2 fully saturated rings. The summed E-state index contributed by atoms with van der Waals surface area (Å²) in [5.41, 5.74) is 2.85. The van der Waals surface area contributed by atoms with Gasteiger partial charge in [-0.3, -0.25) is 9.59 Å². The maximum atomic E-state index is 13.8. The number of halogens is 5. The molecule has 2 amide bonds. The van der Waals surface area contributed by atoms with E-state index in [9.17, 15) is 22.8 Å². The van der Waals surface area contributed by atoms with Crippen LogP contribution in [0.2, 0.25) is 10.0 Å². The average molecular weight is 695 g/mol. The smallest absolute Gasteiger partial charge is 0.370 e. The van der Waals surface area contributed by atoms with Gasteiger partial charge in [0.2, 0.25) is 5.91 Å².